The number of carbonyl (C=O) groups excluding carboxylic acids is 2. The van der Waals surface area contributed by atoms with E-state index in [0.717, 1.165) is 22.2 Å². The highest BCUT2D eigenvalue weighted by molar-refractivity contribution is 5.97. The largest absolute Gasteiger partial charge is 0.358 e. The molecule has 0 atom stereocenters. The number of aryl methyl sites for hydroxylation is 1. The number of aromatic amines is 1. The van der Waals surface area contributed by atoms with Crippen molar-refractivity contribution in [2.24, 2.45) is 0 Å². The summed E-state index contributed by atoms with van der Waals surface area (Å²) in [5.74, 6) is -0.339. The third-order valence-electron chi connectivity index (χ3n) is 3.90. The molecule has 0 saturated heterocycles. The van der Waals surface area contributed by atoms with Crippen LogP contribution in [0, 0.1) is 6.92 Å². The Hall–Kier alpha value is -3.08. The molecule has 0 bridgehead atoms. The molecule has 24 heavy (non-hydrogen) atoms. The first-order chi connectivity index (χ1) is 11.5. The summed E-state index contributed by atoms with van der Waals surface area (Å²) in [4.78, 5) is 26.8. The van der Waals surface area contributed by atoms with Gasteiger partial charge in [0.05, 0.1) is 0 Å². The average Bonchev–Trinajstić information content (AvgIpc) is 2.87. The predicted octanol–water partition coefficient (Wildman–Crippen LogP) is 3.36. The van der Waals surface area contributed by atoms with Gasteiger partial charge in [-0.05, 0) is 36.8 Å². The van der Waals surface area contributed by atoms with Crippen LogP contribution in [0.3, 0.4) is 0 Å². The summed E-state index contributed by atoms with van der Waals surface area (Å²) < 4.78 is 0. The summed E-state index contributed by atoms with van der Waals surface area (Å²) in [6.45, 7) is 3.88. The fourth-order valence-electron chi connectivity index (χ4n) is 2.77. The van der Waals surface area contributed by atoms with Gasteiger partial charge in [-0.15, -0.1) is 0 Å². The number of H-pyrrole nitrogens is 1. The smallest absolute Gasteiger partial charge is 0.251 e. The number of para-hydroxylation sites is 1. The maximum absolute atomic E-state index is 12.4. The van der Waals surface area contributed by atoms with Crippen molar-refractivity contribution in [2.75, 3.05) is 5.32 Å². The van der Waals surface area contributed by atoms with Crippen LogP contribution >= 0.6 is 0 Å². The van der Waals surface area contributed by atoms with Crippen LogP contribution in [0.4, 0.5) is 5.69 Å². The first-order valence-corrected chi connectivity index (χ1v) is 7.76. The first kappa shape index (κ1) is 15.8. The average molecular weight is 321 g/mol. The summed E-state index contributed by atoms with van der Waals surface area (Å²) >= 11 is 0. The third-order valence-corrected chi connectivity index (χ3v) is 3.90. The van der Waals surface area contributed by atoms with Crippen molar-refractivity contribution in [1.29, 1.82) is 0 Å². The molecule has 0 aliphatic heterocycles. The molecule has 5 nitrogen and oxygen atoms in total. The molecule has 122 valence electrons. The van der Waals surface area contributed by atoms with Gasteiger partial charge in [0.15, 0.2) is 0 Å². The van der Waals surface area contributed by atoms with Gasteiger partial charge in [0.25, 0.3) is 5.91 Å². The molecule has 0 radical (unpaired) electrons. The molecule has 3 rings (SSSR count). The van der Waals surface area contributed by atoms with Crippen molar-refractivity contribution in [3.63, 3.8) is 0 Å². The van der Waals surface area contributed by atoms with Gasteiger partial charge >= 0.3 is 0 Å². The minimum absolute atomic E-state index is 0.165. The van der Waals surface area contributed by atoms with Crippen LogP contribution in [0.25, 0.3) is 10.9 Å². The normalized spacial score (nSPS) is 10.6. The Morgan fingerprint density at radius 2 is 1.88 bits per heavy atom. The van der Waals surface area contributed by atoms with Crippen LogP contribution in [0.1, 0.15) is 28.5 Å². The van der Waals surface area contributed by atoms with Gasteiger partial charge in [-0.3, -0.25) is 9.59 Å². The van der Waals surface area contributed by atoms with E-state index in [-0.39, 0.29) is 11.8 Å². The summed E-state index contributed by atoms with van der Waals surface area (Å²) in [5, 5.41) is 6.74. The van der Waals surface area contributed by atoms with Gasteiger partial charge in [0, 0.05) is 41.3 Å². The molecule has 0 saturated carbocycles. The topological polar surface area (TPSA) is 74.0 Å². The molecule has 0 unspecified atom stereocenters. The minimum atomic E-state index is -0.174. The van der Waals surface area contributed by atoms with Gasteiger partial charge < -0.3 is 15.6 Å². The minimum Gasteiger partial charge on any atom is -0.358 e. The zero-order valence-electron chi connectivity index (χ0n) is 13.6. The summed E-state index contributed by atoms with van der Waals surface area (Å²) in [5.41, 5.74) is 4.31. The number of carbonyl (C=O) groups is 2. The van der Waals surface area contributed by atoms with E-state index < -0.39 is 0 Å². The van der Waals surface area contributed by atoms with Gasteiger partial charge in [-0.25, -0.2) is 0 Å². The highest BCUT2D eigenvalue weighted by atomic mass is 16.2. The lowest BCUT2D eigenvalue weighted by molar-refractivity contribution is -0.114. The number of anilines is 1. The molecule has 0 aliphatic carbocycles. The molecule has 2 aromatic carbocycles. The third kappa shape index (κ3) is 3.30. The highest BCUT2D eigenvalue weighted by Crippen LogP contribution is 2.21. The van der Waals surface area contributed by atoms with E-state index in [4.69, 9.17) is 0 Å². The fourth-order valence-corrected chi connectivity index (χ4v) is 2.77. The Kier molecular flexibility index (Phi) is 4.33. The Balaban J connectivity index is 1.75. The molecular formula is C19H19N3O2. The number of nitrogens with one attached hydrogen (secondary N) is 3. The molecule has 0 fully saturated rings. The number of rotatable bonds is 4. The van der Waals surface area contributed by atoms with Crippen LogP contribution in [-0.2, 0) is 11.3 Å². The molecule has 1 heterocycles. The van der Waals surface area contributed by atoms with Gasteiger partial charge in [-0.1, -0.05) is 24.3 Å². The van der Waals surface area contributed by atoms with E-state index in [2.05, 4.69) is 15.6 Å². The number of benzene rings is 2. The van der Waals surface area contributed by atoms with E-state index >= 15 is 0 Å². The highest BCUT2D eigenvalue weighted by Gasteiger charge is 2.11. The van der Waals surface area contributed by atoms with E-state index in [9.17, 15) is 9.59 Å². The van der Waals surface area contributed by atoms with Crippen molar-refractivity contribution in [3.05, 3.63) is 65.4 Å². The molecule has 0 aliphatic rings. The Morgan fingerprint density at radius 3 is 2.67 bits per heavy atom. The second-order valence-corrected chi connectivity index (χ2v) is 5.72. The lowest BCUT2D eigenvalue weighted by Crippen LogP contribution is -2.23. The number of hydrogen-bond acceptors (Lipinski definition) is 2. The standard InChI is InChI=1S/C19H19N3O2/c1-12-17(16-8-3-4-9-18(16)21-12)11-20-19(24)14-6-5-7-15(10-14)22-13(2)23/h3-10,21H,11H2,1-2H3,(H,20,24)(H,22,23). The molecular weight excluding hydrogens is 302 g/mol. The summed E-state index contributed by atoms with van der Waals surface area (Å²) in [6, 6.07) is 14.9. The molecule has 5 heteroatoms. The number of fused-ring (bicyclic) bond motifs is 1. The maximum atomic E-state index is 12.4. The van der Waals surface area contributed by atoms with Crippen molar-refractivity contribution >= 4 is 28.4 Å². The predicted molar refractivity (Wildman–Crippen MR) is 95.0 cm³/mol. The summed E-state index contributed by atoms with van der Waals surface area (Å²) in [6.07, 6.45) is 0. The summed E-state index contributed by atoms with van der Waals surface area (Å²) in [7, 11) is 0. The zero-order valence-corrected chi connectivity index (χ0v) is 13.6. The lowest BCUT2D eigenvalue weighted by Gasteiger charge is -2.08. The second kappa shape index (κ2) is 6.58. The lowest BCUT2D eigenvalue weighted by atomic mass is 10.1. The molecule has 2 amide bonds. The Morgan fingerprint density at radius 1 is 1.08 bits per heavy atom. The van der Waals surface area contributed by atoms with E-state index in [1.54, 1.807) is 24.3 Å². The number of amides is 2. The quantitative estimate of drug-likeness (QED) is 0.689. The number of hydrogen-bond donors (Lipinski definition) is 3. The molecule has 1 aromatic heterocycles. The fraction of sp³-hybridized carbons (Fsp3) is 0.158. The van der Waals surface area contributed by atoms with Crippen LogP contribution in [-0.4, -0.2) is 16.8 Å². The van der Waals surface area contributed by atoms with Crippen LogP contribution in [0.5, 0.6) is 0 Å². The first-order valence-electron chi connectivity index (χ1n) is 7.76. The van der Waals surface area contributed by atoms with E-state index in [0.29, 0.717) is 17.8 Å². The Labute approximate surface area is 140 Å². The maximum Gasteiger partial charge on any atom is 0.251 e. The SMILES string of the molecule is CC(=O)Nc1cccc(C(=O)NCc2c(C)[nH]c3ccccc23)c1. The van der Waals surface area contributed by atoms with E-state index in [1.165, 1.54) is 6.92 Å². The van der Waals surface area contributed by atoms with Crippen LogP contribution in [0.15, 0.2) is 48.5 Å². The van der Waals surface area contributed by atoms with Crippen molar-refractivity contribution in [2.45, 2.75) is 20.4 Å². The zero-order chi connectivity index (χ0) is 17.1. The van der Waals surface area contributed by atoms with Crippen molar-refractivity contribution in [1.82, 2.24) is 10.3 Å². The molecule has 3 N–H and O–H groups in total. The van der Waals surface area contributed by atoms with Gasteiger partial charge in [-0.2, -0.15) is 0 Å². The van der Waals surface area contributed by atoms with Gasteiger partial charge in [0.1, 0.15) is 0 Å². The van der Waals surface area contributed by atoms with Crippen molar-refractivity contribution in [3.8, 4) is 0 Å². The van der Waals surface area contributed by atoms with Crippen LogP contribution in [0.2, 0.25) is 0 Å². The Bertz CT molecular complexity index is 912. The van der Waals surface area contributed by atoms with Gasteiger partial charge in [0.2, 0.25) is 5.91 Å². The number of aromatic nitrogens is 1. The van der Waals surface area contributed by atoms with E-state index in [1.807, 2.05) is 31.2 Å². The second-order valence-electron chi connectivity index (χ2n) is 5.72. The van der Waals surface area contributed by atoms with Crippen molar-refractivity contribution < 1.29 is 9.59 Å². The molecule has 0 spiro atoms. The van der Waals surface area contributed by atoms with Crippen LogP contribution < -0.4 is 10.6 Å². The monoisotopic (exact) mass is 321 g/mol. The molecule has 3 aromatic rings.